The molecular weight excluding hydrogens is 615 g/mol. The van der Waals surface area contributed by atoms with Crippen LogP contribution in [0, 0.1) is 0 Å². The van der Waals surface area contributed by atoms with Crippen LogP contribution in [0.3, 0.4) is 0 Å². The van der Waals surface area contributed by atoms with Gasteiger partial charge in [0.2, 0.25) is 0 Å². The molecule has 0 fully saturated rings. The van der Waals surface area contributed by atoms with E-state index in [4.69, 9.17) is 4.99 Å². The standard InChI is InChI=1S/C50H41N/c1-6-30-29-47(35-19-21-38-41-23-31-13-7-9-15-33(31)25-45(41)49(2,3)43(38)27-35)51-48(40-18-12-11-17-37(30)40)36-20-22-39-42-24-32-14-8-10-16-34(32)26-46(42)50(4,5)44(39)28-36/h7-28H,6,29H2,1-5H3. The number of aliphatic imine (C=N–C) groups is 1. The molecule has 246 valence electrons. The molecule has 10 rings (SSSR count). The molecule has 1 heterocycles. The molecule has 0 saturated carbocycles. The van der Waals surface area contributed by atoms with Gasteiger partial charge in [-0.3, -0.25) is 4.99 Å². The molecule has 2 aliphatic carbocycles. The molecule has 0 atom stereocenters. The maximum atomic E-state index is 5.70. The molecule has 0 saturated heterocycles. The molecule has 0 unspecified atom stereocenters. The summed E-state index contributed by atoms with van der Waals surface area (Å²) < 4.78 is 0. The van der Waals surface area contributed by atoms with Crippen molar-refractivity contribution in [2.75, 3.05) is 0 Å². The van der Waals surface area contributed by atoms with Gasteiger partial charge in [0.25, 0.3) is 0 Å². The van der Waals surface area contributed by atoms with Gasteiger partial charge in [-0.2, -0.15) is 0 Å². The van der Waals surface area contributed by atoms with Crippen LogP contribution in [0.1, 0.15) is 80.8 Å². The molecular formula is C50H41N. The Morgan fingerprint density at radius 2 is 0.922 bits per heavy atom. The predicted molar refractivity (Wildman–Crippen MR) is 216 cm³/mol. The summed E-state index contributed by atoms with van der Waals surface area (Å²) in [6.45, 7) is 11.8. The first-order valence-corrected chi connectivity index (χ1v) is 18.5. The summed E-state index contributed by atoms with van der Waals surface area (Å²) in [6, 6.07) is 50.3. The Morgan fingerprint density at radius 1 is 0.471 bits per heavy atom. The molecule has 0 aromatic heterocycles. The molecule has 7 aromatic rings. The summed E-state index contributed by atoms with van der Waals surface area (Å²) in [5, 5.41) is 7.74. The summed E-state index contributed by atoms with van der Waals surface area (Å²) >= 11 is 0. The lowest BCUT2D eigenvalue weighted by molar-refractivity contribution is 0.661. The third-order valence-electron chi connectivity index (χ3n) is 12.3. The Balaban J connectivity index is 1.15. The molecule has 1 heteroatoms. The number of benzene rings is 7. The maximum Gasteiger partial charge on any atom is 0.0784 e. The van der Waals surface area contributed by atoms with E-state index in [0.29, 0.717) is 0 Å². The molecule has 1 aliphatic heterocycles. The van der Waals surface area contributed by atoms with Crippen molar-refractivity contribution >= 4 is 38.5 Å². The van der Waals surface area contributed by atoms with E-state index in [0.717, 1.165) is 24.3 Å². The molecule has 0 spiro atoms. The van der Waals surface area contributed by atoms with Gasteiger partial charge in [-0.1, -0.05) is 137 Å². The number of rotatable bonds is 3. The molecule has 1 nitrogen and oxygen atoms in total. The highest BCUT2D eigenvalue weighted by Crippen LogP contribution is 2.52. The van der Waals surface area contributed by atoms with Crippen LogP contribution in [0.4, 0.5) is 0 Å². The fraction of sp³-hybridized carbons (Fsp3) is 0.180. The van der Waals surface area contributed by atoms with Crippen LogP contribution in [-0.4, -0.2) is 5.71 Å². The molecule has 0 amide bonds. The highest BCUT2D eigenvalue weighted by atomic mass is 14.8. The monoisotopic (exact) mass is 655 g/mol. The second-order valence-electron chi connectivity index (χ2n) is 15.8. The van der Waals surface area contributed by atoms with Gasteiger partial charge in [0.1, 0.15) is 0 Å². The predicted octanol–water partition coefficient (Wildman–Crippen LogP) is 11.2. The first-order valence-electron chi connectivity index (χ1n) is 18.5. The zero-order valence-corrected chi connectivity index (χ0v) is 30.1. The molecule has 7 aromatic carbocycles. The van der Waals surface area contributed by atoms with Gasteiger partial charge in [-0.25, -0.2) is 0 Å². The first kappa shape index (κ1) is 30.3. The van der Waals surface area contributed by atoms with E-state index < -0.39 is 0 Å². The summed E-state index contributed by atoms with van der Waals surface area (Å²) in [5.41, 5.74) is 16.8. The molecule has 0 N–H and O–H groups in total. The third kappa shape index (κ3) is 4.37. The summed E-state index contributed by atoms with van der Waals surface area (Å²) in [7, 11) is 0. The average Bonchev–Trinajstić information content (AvgIpc) is 3.41. The summed E-state index contributed by atoms with van der Waals surface area (Å²) in [6.07, 6.45) is 1.82. The van der Waals surface area contributed by atoms with E-state index in [1.807, 2.05) is 0 Å². The SMILES string of the molecule is CCC1=c2ccccc2=C(c2ccc3c(c2)C(C)(C)c2cc4ccccc4cc2-3)N=C(c2ccc3c(c2)C(C)(C)c2cc4ccccc4cc2-3)C1. The number of fused-ring (bicyclic) bond motifs is 9. The van der Waals surface area contributed by atoms with E-state index in [1.165, 1.54) is 93.2 Å². The van der Waals surface area contributed by atoms with E-state index >= 15 is 0 Å². The van der Waals surface area contributed by atoms with Crippen LogP contribution in [-0.2, 0) is 10.8 Å². The van der Waals surface area contributed by atoms with Gasteiger partial charge >= 0.3 is 0 Å². The lowest BCUT2D eigenvalue weighted by atomic mass is 9.81. The topological polar surface area (TPSA) is 12.4 Å². The summed E-state index contributed by atoms with van der Waals surface area (Å²) in [4.78, 5) is 5.70. The fourth-order valence-corrected chi connectivity index (χ4v) is 9.40. The van der Waals surface area contributed by atoms with Crippen molar-refractivity contribution in [3.8, 4) is 22.3 Å². The lowest BCUT2D eigenvalue weighted by Crippen LogP contribution is -2.28. The second-order valence-corrected chi connectivity index (χ2v) is 15.8. The van der Waals surface area contributed by atoms with E-state index in [2.05, 4.69) is 168 Å². The molecule has 0 radical (unpaired) electrons. The minimum Gasteiger partial charge on any atom is -0.251 e. The number of nitrogens with zero attached hydrogens (tertiary/aromatic N) is 1. The van der Waals surface area contributed by atoms with Gasteiger partial charge in [0.15, 0.2) is 0 Å². The van der Waals surface area contributed by atoms with Crippen LogP contribution >= 0.6 is 0 Å². The fourth-order valence-electron chi connectivity index (χ4n) is 9.40. The lowest BCUT2D eigenvalue weighted by Gasteiger charge is -2.23. The Hall–Kier alpha value is -5.53. The van der Waals surface area contributed by atoms with Gasteiger partial charge < -0.3 is 0 Å². The second kappa shape index (κ2) is 10.7. The molecule has 3 aliphatic rings. The minimum absolute atomic E-state index is 0.103. The quantitative estimate of drug-likeness (QED) is 0.180. The normalized spacial score (nSPS) is 16.3. The number of hydrogen-bond donors (Lipinski definition) is 0. The Labute approximate surface area is 300 Å². The van der Waals surface area contributed by atoms with Crippen molar-refractivity contribution in [2.45, 2.75) is 58.3 Å². The van der Waals surface area contributed by atoms with Gasteiger partial charge in [0, 0.05) is 28.0 Å². The molecule has 0 bridgehead atoms. The largest absolute Gasteiger partial charge is 0.251 e. The molecule has 51 heavy (non-hydrogen) atoms. The van der Waals surface area contributed by atoms with Crippen molar-refractivity contribution in [1.82, 2.24) is 0 Å². The van der Waals surface area contributed by atoms with Crippen LogP contribution < -0.4 is 10.4 Å². The van der Waals surface area contributed by atoms with Crippen LogP contribution in [0.15, 0.2) is 138 Å². The first-order chi connectivity index (χ1) is 24.7. The zero-order valence-electron chi connectivity index (χ0n) is 30.1. The third-order valence-corrected chi connectivity index (χ3v) is 12.3. The smallest absolute Gasteiger partial charge is 0.0784 e. The maximum absolute atomic E-state index is 5.70. The summed E-state index contributed by atoms with van der Waals surface area (Å²) in [5.74, 6) is 0. The van der Waals surface area contributed by atoms with Gasteiger partial charge in [-0.05, 0) is 120 Å². The zero-order chi connectivity index (χ0) is 34.6. The van der Waals surface area contributed by atoms with Crippen molar-refractivity contribution < 1.29 is 0 Å². The highest BCUT2D eigenvalue weighted by Gasteiger charge is 2.37. The van der Waals surface area contributed by atoms with Gasteiger partial charge in [-0.15, -0.1) is 0 Å². The van der Waals surface area contributed by atoms with E-state index in [1.54, 1.807) is 0 Å². The highest BCUT2D eigenvalue weighted by molar-refractivity contribution is 6.08. The van der Waals surface area contributed by atoms with Crippen LogP contribution in [0.2, 0.25) is 0 Å². The van der Waals surface area contributed by atoms with Crippen LogP contribution in [0.25, 0.3) is 55.1 Å². The van der Waals surface area contributed by atoms with Crippen molar-refractivity contribution in [3.05, 3.63) is 177 Å². The Morgan fingerprint density at radius 3 is 1.47 bits per heavy atom. The average molecular weight is 656 g/mol. The van der Waals surface area contributed by atoms with Gasteiger partial charge in [0.05, 0.1) is 11.4 Å². The van der Waals surface area contributed by atoms with E-state index in [-0.39, 0.29) is 10.8 Å². The minimum atomic E-state index is -0.117. The Kier molecular flexibility index (Phi) is 6.38. The van der Waals surface area contributed by atoms with Crippen molar-refractivity contribution in [3.63, 3.8) is 0 Å². The van der Waals surface area contributed by atoms with E-state index in [9.17, 15) is 0 Å². The van der Waals surface area contributed by atoms with Crippen molar-refractivity contribution in [1.29, 1.82) is 0 Å². The van der Waals surface area contributed by atoms with Crippen molar-refractivity contribution in [2.24, 2.45) is 4.99 Å². The number of hydrogen-bond acceptors (Lipinski definition) is 1. The van der Waals surface area contributed by atoms with Crippen LogP contribution in [0.5, 0.6) is 0 Å². The Bertz CT molecular complexity index is 2810.